The number of aryl methyl sites for hydroxylation is 2. The van der Waals surface area contributed by atoms with E-state index < -0.39 is 11.6 Å². The summed E-state index contributed by atoms with van der Waals surface area (Å²) in [6.07, 6.45) is 0.699. The van der Waals surface area contributed by atoms with Crippen molar-refractivity contribution in [2.75, 3.05) is 0 Å². The molecule has 0 aliphatic heterocycles. The third-order valence-corrected chi connectivity index (χ3v) is 4.79. The molecule has 0 saturated heterocycles. The van der Waals surface area contributed by atoms with Gasteiger partial charge in [-0.25, -0.2) is 4.39 Å². The Labute approximate surface area is 179 Å². The van der Waals surface area contributed by atoms with Gasteiger partial charge in [0.1, 0.15) is 11.9 Å². The first-order chi connectivity index (χ1) is 14.0. The molecular weight excluding hydrogens is 379 g/mol. The fourth-order valence-electron chi connectivity index (χ4n) is 3.61. The Morgan fingerprint density at radius 2 is 1.57 bits per heavy atom. The van der Waals surface area contributed by atoms with Crippen LogP contribution in [0.3, 0.4) is 0 Å². The number of hydrogen-bond acceptors (Lipinski definition) is 2. The van der Waals surface area contributed by atoms with Gasteiger partial charge in [-0.1, -0.05) is 48.4 Å². The highest BCUT2D eigenvalue weighted by molar-refractivity contribution is 5.88. The molecule has 0 spiro atoms. The van der Waals surface area contributed by atoms with E-state index in [1.807, 2.05) is 53.7 Å². The van der Waals surface area contributed by atoms with E-state index in [0.29, 0.717) is 6.42 Å². The van der Waals surface area contributed by atoms with Crippen LogP contribution in [0.1, 0.15) is 56.4 Å². The lowest BCUT2D eigenvalue weighted by Crippen LogP contribution is -2.53. The van der Waals surface area contributed by atoms with Crippen molar-refractivity contribution < 1.29 is 14.0 Å². The van der Waals surface area contributed by atoms with Crippen LogP contribution >= 0.6 is 0 Å². The summed E-state index contributed by atoms with van der Waals surface area (Å²) in [4.78, 5) is 27.9. The third kappa shape index (κ3) is 6.97. The van der Waals surface area contributed by atoms with Gasteiger partial charge < -0.3 is 10.2 Å². The number of nitrogens with one attached hydrogen (secondary N) is 1. The van der Waals surface area contributed by atoms with Crippen molar-refractivity contribution >= 4 is 11.8 Å². The highest BCUT2D eigenvalue weighted by Gasteiger charge is 2.30. The van der Waals surface area contributed by atoms with Gasteiger partial charge in [0.25, 0.3) is 0 Å². The molecule has 2 aromatic carbocycles. The van der Waals surface area contributed by atoms with Crippen molar-refractivity contribution in [3.05, 3.63) is 70.5 Å². The molecule has 2 aromatic rings. The van der Waals surface area contributed by atoms with Gasteiger partial charge in [0.05, 0.1) is 6.42 Å². The van der Waals surface area contributed by atoms with Crippen molar-refractivity contribution in [1.82, 2.24) is 10.2 Å². The van der Waals surface area contributed by atoms with Crippen LogP contribution in [0.4, 0.5) is 4.39 Å². The molecule has 0 fully saturated rings. The van der Waals surface area contributed by atoms with Crippen LogP contribution in [0, 0.1) is 19.7 Å². The SMILES string of the molecule is CCC(C(=O)NC(C)(C)C)N(Cc1ccc(F)cc1)C(=O)Cc1cc(C)cc(C)c1. The minimum absolute atomic E-state index is 0.125. The topological polar surface area (TPSA) is 49.4 Å². The lowest BCUT2D eigenvalue weighted by Gasteiger charge is -2.33. The fourth-order valence-corrected chi connectivity index (χ4v) is 3.61. The zero-order valence-electron chi connectivity index (χ0n) is 18.9. The van der Waals surface area contributed by atoms with E-state index >= 15 is 0 Å². The predicted octanol–water partition coefficient (Wildman–Crippen LogP) is 4.71. The van der Waals surface area contributed by atoms with E-state index in [2.05, 4.69) is 11.4 Å². The van der Waals surface area contributed by atoms with E-state index in [-0.39, 0.29) is 30.6 Å². The van der Waals surface area contributed by atoms with Crippen molar-refractivity contribution in [3.63, 3.8) is 0 Å². The van der Waals surface area contributed by atoms with Gasteiger partial charge in [0, 0.05) is 12.1 Å². The molecule has 0 heterocycles. The standard InChI is InChI=1S/C25H33FN2O2/c1-7-22(24(30)27-25(4,5)6)28(16-19-8-10-21(26)11-9-19)23(29)15-20-13-17(2)12-18(3)14-20/h8-14,22H,7,15-16H2,1-6H3,(H,27,30). The van der Waals surface area contributed by atoms with Gasteiger partial charge in [-0.3, -0.25) is 9.59 Å². The van der Waals surface area contributed by atoms with E-state index in [0.717, 1.165) is 22.3 Å². The van der Waals surface area contributed by atoms with Crippen molar-refractivity contribution in [3.8, 4) is 0 Å². The van der Waals surface area contributed by atoms with Crippen molar-refractivity contribution in [1.29, 1.82) is 0 Å². The minimum Gasteiger partial charge on any atom is -0.350 e. The van der Waals surface area contributed by atoms with Crippen LogP contribution in [0.25, 0.3) is 0 Å². The zero-order valence-corrected chi connectivity index (χ0v) is 18.9. The molecule has 0 aromatic heterocycles. The van der Waals surface area contributed by atoms with Gasteiger partial charge in [0.2, 0.25) is 11.8 Å². The molecule has 1 N–H and O–H groups in total. The number of rotatable bonds is 7. The Bertz CT molecular complexity index is 865. The highest BCUT2D eigenvalue weighted by atomic mass is 19.1. The lowest BCUT2D eigenvalue weighted by atomic mass is 10.0. The number of hydrogen-bond donors (Lipinski definition) is 1. The van der Waals surface area contributed by atoms with Gasteiger partial charge >= 0.3 is 0 Å². The summed E-state index contributed by atoms with van der Waals surface area (Å²) in [7, 11) is 0. The van der Waals surface area contributed by atoms with E-state index in [1.54, 1.807) is 17.0 Å². The first-order valence-corrected chi connectivity index (χ1v) is 10.4. The van der Waals surface area contributed by atoms with Crippen LogP contribution in [-0.4, -0.2) is 28.3 Å². The molecule has 1 unspecified atom stereocenters. The second kappa shape index (κ2) is 9.88. The summed E-state index contributed by atoms with van der Waals surface area (Å²) in [5.41, 5.74) is 3.50. The molecule has 5 heteroatoms. The Morgan fingerprint density at radius 1 is 1.00 bits per heavy atom. The van der Waals surface area contributed by atoms with Gasteiger partial charge in [-0.2, -0.15) is 0 Å². The summed E-state index contributed by atoms with van der Waals surface area (Å²) in [6.45, 7) is 11.9. The number of carbonyl (C=O) groups is 2. The molecule has 162 valence electrons. The normalized spacial score (nSPS) is 12.4. The average molecular weight is 413 g/mol. The number of benzene rings is 2. The summed E-state index contributed by atoms with van der Waals surface area (Å²) in [6, 6.07) is 11.5. The molecule has 1 atom stereocenters. The number of nitrogens with zero attached hydrogens (tertiary/aromatic N) is 1. The monoisotopic (exact) mass is 412 g/mol. The van der Waals surface area contributed by atoms with Crippen LogP contribution in [0.15, 0.2) is 42.5 Å². The molecule has 0 aliphatic rings. The Hall–Kier alpha value is -2.69. The first kappa shape index (κ1) is 23.6. The third-order valence-electron chi connectivity index (χ3n) is 4.79. The molecular formula is C25H33FN2O2. The summed E-state index contributed by atoms with van der Waals surface area (Å²) < 4.78 is 13.3. The molecule has 0 radical (unpaired) electrons. The van der Waals surface area contributed by atoms with Gasteiger partial charge in [0.15, 0.2) is 0 Å². The molecule has 4 nitrogen and oxygen atoms in total. The van der Waals surface area contributed by atoms with Crippen LogP contribution in [0.5, 0.6) is 0 Å². The van der Waals surface area contributed by atoms with E-state index in [1.165, 1.54) is 12.1 Å². The average Bonchev–Trinajstić information content (AvgIpc) is 2.60. The Morgan fingerprint density at radius 3 is 2.07 bits per heavy atom. The summed E-state index contributed by atoms with van der Waals surface area (Å²) >= 11 is 0. The maximum atomic E-state index is 13.3. The predicted molar refractivity (Wildman–Crippen MR) is 119 cm³/mol. The maximum absolute atomic E-state index is 13.3. The minimum atomic E-state index is -0.604. The smallest absolute Gasteiger partial charge is 0.243 e. The number of carbonyl (C=O) groups excluding carboxylic acids is 2. The number of halogens is 1. The molecule has 0 aliphatic carbocycles. The second-order valence-electron chi connectivity index (χ2n) is 8.98. The maximum Gasteiger partial charge on any atom is 0.243 e. The van der Waals surface area contributed by atoms with E-state index in [9.17, 15) is 14.0 Å². The summed E-state index contributed by atoms with van der Waals surface area (Å²) in [5, 5.41) is 2.99. The zero-order chi connectivity index (χ0) is 22.5. The molecule has 2 amide bonds. The summed E-state index contributed by atoms with van der Waals surface area (Å²) in [5.74, 6) is -0.634. The molecule has 0 bridgehead atoms. The van der Waals surface area contributed by atoms with Crippen LogP contribution in [-0.2, 0) is 22.6 Å². The highest BCUT2D eigenvalue weighted by Crippen LogP contribution is 2.17. The van der Waals surface area contributed by atoms with Crippen molar-refractivity contribution in [2.24, 2.45) is 0 Å². The van der Waals surface area contributed by atoms with E-state index in [4.69, 9.17) is 0 Å². The van der Waals surface area contributed by atoms with Crippen molar-refractivity contribution in [2.45, 2.75) is 72.5 Å². The second-order valence-corrected chi connectivity index (χ2v) is 8.98. The fraction of sp³-hybridized carbons (Fsp3) is 0.440. The van der Waals surface area contributed by atoms with Crippen LogP contribution < -0.4 is 5.32 Å². The van der Waals surface area contributed by atoms with Gasteiger partial charge in [-0.15, -0.1) is 0 Å². The van der Waals surface area contributed by atoms with Gasteiger partial charge in [-0.05, 0) is 64.3 Å². The largest absolute Gasteiger partial charge is 0.350 e. The Balaban J connectivity index is 2.33. The lowest BCUT2D eigenvalue weighted by molar-refractivity contribution is -0.141. The quantitative estimate of drug-likeness (QED) is 0.716. The first-order valence-electron chi connectivity index (χ1n) is 10.4. The molecule has 0 saturated carbocycles. The Kier molecular flexibility index (Phi) is 7.77. The molecule has 2 rings (SSSR count). The number of amides is 2. The van der Waals surface area contributed by atoms with Crippen LogP contribution in [0.2, 0.25) is 0 Å². The molecule has 30 heavy (non-hydrogen) atoms.